The largest absolute Gasteiger partial charge is 0.459 e. The number of hydrogen-bond acceptors (Lipinski definition) is 6. The van der Waals surface area contributed by atoms with Crippen LogP contribution in [0.4, 0.5) is 0 Å². The first-order chi connectivity index (χ1) is 13.6. The Labute approximate surface area is 170 Å². The number of amides is 2. The van der Waals surface area contributed by atoms with Gasteiger partial charge >= 0.3 is 5.97 Å². The monoisotopic (exact) mass is 422 g/mol. The molecule has 0 spiro atoms. The zero-order valence-corrected chi connectivity index (χ0v) is 17.6. The van der Waals surface area contributed by atoms with Crippen molar-refractivity contribution in [3.8, 4) is 0 Å². The van der Waals surface area contributed by atoms with Gasteiger partial charge in [0.2, 0.25) is 21.8 Å². The number of sulfonamides is 1. The highest BCUT2D eigenvalue weighted by Crippen LogP contribution is 2.38. The molecule has 0 unspecified atom stereocenters. The number of hydrogen-bond donors (Lipinski definition) is 0. The maximum Gasteiger partial charge on any atom is 0.329 e. The maximum absolute atomic E-state index is 12.6. The second-order valence-corrected chi connectivity index (χ2v) is 9.91. The first-order valence-electron chi connectivity index (χ1n) is 9.69. The van der Waals surface area contributed by atoms with Crippen LogP contribution < -0.4 is 0 Å². The molecule has 1 aromatic rings. The number of imide groups is 1. The highest BCUT2D eigenvalue weighted by atomic mass is 32.2. The number of esters is 1. The Bertz CT molecular complexity index is 903. The highest BCUT2D eigenvalue weighted by Gasteiger charge is 2.51. The lowest BCUT2D eigenvalue weighted by atomic mass is 9.81. The smallest absolute Gasteiger partial charge is 0.329 e. The average molecular weight is 423 g/mol. The summed E-state index contributed by atoms with van der Waals surface area (Å²) in [5, 5.41) is 0. The molecule has 0 N–H and O–H groups in total. The molecule has 1 aliphatic heterocycles. The fraction of sp³-hybridized carbons (Fsp3) is 0.550. The Balaban J connectivity index is 1.67. The number of ether oxygens (including phenoxy) is 1. The number of carbonyl (C=O) groups is 3. The molecule has 158 valence electrons. The van der Waals surface area contributed by atoms with Crippen LogP contribution in [0.15, 0.2) is 29.2 Å². The number of fused-ring (bicyclic) bond motifs is 1. The molecule has 1 aromatic carbocycles. The van der Waals surface area contributed by atoms with Gasteiger partial charge in [0.25, 0.3) is 0 Å². The lowest BCUT2D eigenvalue weighted by Crippen LogP contribution is -2.44. The molecule has 1 aliphatic carbocycles. The van der Waals surface area contributed by atoms with Gasteiger partial charge < -0.3 is 4.74 Å². The number of carbonyl (C=O) groups excluding carboxylic acids is 3. The molecule has 1 saturated carbocycles. The third-order valence-corrected chi connectivity index (χ3v) is 7.47. The van der Waals surface area contributed by atoms with Gasteiger partial charge in [-0.3, -0.25) is 14.5 Å². The van der Waals surface area contributed by atoms with E-state index in [2.05, 4.69) is 0 Å². The van der Waals surface area contributed by atoms with E-state index >= 15 is 0 Å². The fourth-order valence-electron chi connectivity index (χ4n) is 3.96. The van der Waals surface area contributed by atoms with E-state index < -0.39 is 22.0 Å². The Morgan fingerprint density at radius 2 is 1.76 bits per heavy atom. The quantitative estimate of drug-likeness (QED) is 0.509. The standard InChI is InChI=1S/C20H26N2O6S/c1-13(22-18(23)16-9-4-5-10-17(16)19(22)24)20(25)28-12-14-7-6-8-15(11-14)29(26,27)21(2)3/h6-8,11,13,16-17H,4-5,9-10,12H2,1-3H3/t13-,16+,17+/m1/s1. The lowest BCUT2D eigenvalue weighted by Gasteiger charge is -2.21. The molecule has 0 bridgehead atoms. The molecule has 3 atom stereocenters. The summed E-state index contributed by atoms with van der Waals surface area (Å²) in [6.07, 6.45) is 3.19. The van der Waals surface area contributed by atoms with Gasteiger partial charge in [-0.1, -0.05) is 25.0 Å². The number of rotatable bonds is 6. The van der Waals surface area contributed by atoms with Gasteiger partial charge in [0.1, 0.15) is 12.6 Å². The van der Waals surface area contributed by atoms with Crippen LogP contribution in [-0.4, -0.2) is 55.5 Å². The van der Waals surface area contributed by atoms with Crippen LogP contribution in [0.25, 0.3) is 0 Å². The van der Waals surface area contributed by atoms with Gasteiger partial charge in [0, 0.05) is 14.1 Å². The molecule has 1 saturated heterocycles. The van der Waals surface area contributed by atoms with Crippen molar-refractivity contribution in [2.45, 2.75) is 50.2 Å². The van der Waals surface area contributed by atoms with E-state index in [1.807, 2.05) is 0 Å². The van der Waals surface area contributed by atoms with Crippen molar-refractivity contribution in [2.75, 3.05) is 14.1 Å². The van der Waals surface area contributed by atoms with E-state index in [1.165, 1.54) is 33.2 Å². The van der Waals surface area contributed by atoms with Crippen LogP contribution in [0.2, 0.25) is 0 Å². The number of nitrogens with zero attached hydrogens (tertiary/aromatic N) is 2. The van der Waals surface area contributed by atoms with Crippen LogP contribution in [0.5, 0.6) is 0 Å². The maximum atomic E-state index is 12.6. The Morgan fingerprint density at radius 1 is 1.17 bits per heavy atom. The van der Waals surface area contributed by atoms with Gasteiger partial charge in [-0.25, -0.2) is 17.5 Å². The number of likely N-dealkylation sites (tertiary alicyclic amines) is 1. The molecule has 2 aliphatic rings. The molecule has 8 nitrogen and oxygen atoms in total. The van der Waals surface area contributed by atoms with Crippen LogP contribution in [0.1, 0.15) is 38.2 Å². The van der Waals surface area contributed by atoms with Crippen molar-refractivity contribution in [3.63, 3.8) is 0 Å². The summed E-state index contributed by atoms with van der Waals surface area (Å²) in [4.78, 5) is 38.9. The highest BCUT2D eigenvalue weighted by molar-refractivity contribution is 7.89. The van der Waals surface area contributed by atoms with Crippen LogP contribution in [0, 0.1) is 11.8 Å². The molecular formula is C20H26N2O6S. The van der Waals surface area contributed by atoms with Crippen LogP contribution in [0.3, 0.4) is 0 Å². The van der Waals surface area contributed by atoms with Crippen molar-refractivity contribution < 1.29 is 27.5 Å². The summed E-state index contributed by atoms with van der Waals surface area (Å²) < 4.78 is 30.9. The van der Waals surface area contributed by atoms with E-state index in [-0.39, 0.29) is 35.2 Å². The fourth-order valence-corrected chi connectivity index (χ4v) is 4.93. The molecular weight excluding hydrogens is 396 g/mol. The Kier molecular flexibility index (Phi) is 6.09. The third-order valence-electron chi connectivity index (χ3n) is 5.66. The summed E-state index contributed by atoms with van der Waals surface area (Å²) >= 11 is 0. The van der Waals surface area contributed by atoms with Crippen molar-refractivity contribution in [1.82, 2.24) is 9.21 Å². The first-order valence-corrected chi connectivity index (χ1v) is 11.1. The Hall–Kier alpha value is -2.26. The van der Waals surface area contributed by atoms with Gasteiger partial charge in [-0.2, -0.15) is 0 Å². The van der Waals surface area contributed by atoms with E-state index in [0.717, 1.165) is 22.0 Å². The summed E-state index contributed by atoms with van der Waals surface area (Å²) in [5.41, 5.74) is 0.501. The van der Waals surface area contributed by atoms with E-state index in [4.69, 9.17) is 4.74 Å². The summed E-state index contributed by atoms with van der Waals surface area (Å²) in [5.74, 6) is -1.91. The van der Waals surface area contributed by atoms with Gasteiger partial charge in [-0.15, -0.1) is 0 Å². The van der Waals surface area contributed by atoms with Crippen molar-refractivity contribution in [1.29, 1.82) is 0 Å². The first kappa shape index (κ1) is 21.4. The van der Waals surface area contributed by atoms with Gasteiger partial charge in [0.05, 0.1) is 16.7 Å². The van der Waals surface area contributed by atoms with E-state index in [0.29, 0.717) is 18.4 Å². The molecule has 0 radical (unpaired) electrons. The van der Waals surface area contributed by atoms with Crippen LogP contribution in [-0.2, 0) is 35.8 Å². The predicted molar refractivity (Wildman–Crippen MR) is 104 cm³/mol. The van der Waals surface area contributed by atoms with Crippen LogP contribution >= 0.6 is 0 Å². The van der Waals surface area contributed by atoms with E-state index in [9.17, 15) is 22.8 Å². The summed E-state index contributed by atoms with van der Waals surface area (Å²) in [6, 6.07) is 5.11. The Morgan fingerprint density at radius 3 is 2.31 bits per heavy atom. The molecule has 29 heavy (non-hydrogen) atoms. The molecule has 2 fully saturated rings. The second kappa shape index (κ2) is 8.23. The van der Waals surface area contributed by atoms with Crippen molar-refractivity contribution in [3.05, 3.63) is 29.8 Å². The summed E-state index contributed by atoms with van der Waals surface area (Å²) in [6.45, 7) is 1.34. The predicted octanol–water partition coefficient (Wildman–Crippen LogP) is 1.54. The van der Waals surface area contributed by atoms with E-state index in [1.54, 1.807) is 12.1 Å². The minimum absolute atomic E-state index is 0.0954. The second-order valence-electron chi connectivity index (χ2n) is 7.76. The van der Waals surface area contributed by atoms with Crippen molar-refractivity contribution in [2.24, 2.45) is 11.8 Å². The normalized spacial score (nSPS) is 23.2. The molecule has 0 aromatic heterocycles. The SMILES string of the molecule is C[C@H](C(=O)OCc1cccc(S(=O)(=O)N(C)C)c1)N1C(=O)[C@H]2CCCC[C@@H]2C1=O. The molecule has 2 amide bonds. The number of benzene rings is 1. The van der Waals surface area contributed by atoms with Gasteiger partial charge in [0.15, 0.2) is 0 Å². The average Bonchev–Trinajstić information content (AvgIpc) is 2.96. The minimum atomic E-state index is -3.60. The zero-order chi connectivity index (χ0) is 21.3. The molecule has 1 heterocycles. The minimum Gasteiger partial charge on any atom is -0.459 e. The third kappa shape index (κ3) is 4.06. The zero-order valence-electron chi connectivity index (χ0n) is 16.8. The van der Waals surface area contributed by atoms with Crippen molar-refractivity contribution >= 4 is 27.8 Å². The molecule has 9 heteroatoms. The lowest BCUT2D eigenvalue weighted by molar-refractivity contribution is -0.159. The molecule has 3 rings (SSSR count). The summed E-state index contributed by atoms with van der Waals surface area (Å²) in [7, 11) is -0.727. The topological polar surface area (TPSA) is 101 Å². The van der Waals surface area contributed by atoms with Gasteiger partial charge in [-0.05, 0) is 37.5 Å².